The topological polar surface area (TPSA) is 99.9 Å². The van der Waals surface area contributed by atoms with Gasteiger partial charge in [-0.3, -0.25) is 14.9 Å². The molecule has 30 heavy (non-hydrogen) atoms. The van der Waals surface area contributed by atoms with E-state index in [9.17, 15) is 14.9 Å². The van der Waals surface area contributed by atoms with Crippen LogP contribution in [0.25, 0.3) is 0 Å². The monoisotopic (exact) mass is 531 g/mol. The van der Waals surface area contributed by atoms with Crippen molar-refractivity contribution in [3.8, 4) is 0 Å². The summed E-state index contributed by atoms with van der Waals surface area (Å²) in [5.74, 6) is 1.01. The first-order chi connectivity index (χ1) is 14.1. The Bertz CT molecular complexity index is 682. The molecule has 0 saturated carbocycles. The van der Waals surface area contributed by atoms with E-state index < -0.39 is 4.92 Å². The Kier molecular flexibility index (Phi) is 13.0. The molecular weight excluding hydrogens is 497 g/mol. The second kappa shape index (κ2) is 15.0. The molecule has 1 saturated heterocycles. The number of unbranched alkanes of at least 4 members (excludes halogenated alkanes) is 1. The van der Waals surface area contributed by atoms with Gasteiger partial charge in [0.1, 0.15) is 0 Å². The van der Waals surface area contributed by atoms with Crippen molar-refractivity contribution in [1.82, 2.24) is 15.5 Å². The summed E-state index contributed by atoms with van der Waals surface area (Å²) in [7, 11) is 0. The minimum absolute atomic E-state index is 0. The Morgan fingerprint density at radius 3 is 2.50 bits per heavy atom. The molecule has 0 unspecified atom stereocenters. The van der Waals surface area contributed by atoms with Crippen molar-refractivity contribution in [3.05, 3.63) is 39.9 Å². The fourth-order valence-electron chi connectivity index (χ4n) is 3.20. The minimum atomic E-state index is -0.401. The normalized spacial score (nSPS) is 14.6. The number of hydrogen-bond acceptors (Lipinski definition) is 4. The maximum Gasteiger partial charge on any atom is 0.269 e. The quantitative estimate of drug-likeness (QED) is 0.119. The number of nitro groups is 1. The third kappa shape index (κ3) is 9.73. The number of likely N-dealkylation sites (tertiary alicyclic amines) is 1. The molecule has 168 valence electrons. The van der Waals surface area contributed by atoms with Gasteiger partial charge in [0, 0.05) is 44.7 Å². The molecule has 0 aliphatic carbocycles. The number of guanidine groups is 1. The third-order valence-corrected chi connectivity index (χ3v) is 4.96. The summed E-state index contributed by atoms with van der Waals surface area (Å²) in [6, 6.07) is 6.47. The fourth-order valence-corrected chi connectivity index (χ4v) is 3.20. The van der Waals surface area contributed by atoms with E-state index >= 15 is 0 Å². The van der Waals surface area contributed by atoms with Gasteiger partial charge in [0.15, 0.2) is 5.96 Å². The molecule has 1 fully saturated rings. The first kappa shape index (κ1) is 26.1. The molecule has 1 amide bonds. The Morgan fingerprint density at radius 2 is 1.83 bits per heavy atom. The number of aliphatic imine (C=N–C) groups is 1. The van der Waals surface area contributed by atoms with Crippen LogP contribution in [-0.4, -0.2) is 47.9 Å². The highest BCUT2D eigenvalue weighted by atomic mass is 127. The third-order valence-electron chi connectivity index (χ3n) is 4.96. The van der Waals surface area contributed by atoms with E-state index in [2.05, 4.69) is 22.5 Å². The highest BCUT2D eigenvalue weighted by Gasteiger charge is 2.15. The van der Waals surface area contributed by atoms with E-state index in [1.807, 2.05) is 4.90 Å². The molecule has 1 aliphatic rings. The van der Waals surface area contributed by atoms with Gasteiger partial charge in [0.2, 0.25) is 5.91 Å². The SMILES string of the molecule is CCCCNC(=NCc1ccc([N+](=O)[O-])cc1)NCCCN1CCCCCC1=O.I. The number of nitrogens with one attached hydrogen (secondary N) is 2. The number of carbonyl (C=O) groups is 1. The zero-order valence-electron chi connectivity index (χ0n) is 17.8. The molecular formula is C21H34IN5O3. The van der Waals surface area contributed by atoms with Gasteiger partial charge >= 0.3 is 0 Å². The van der Waals surface area contributed by atoms with Crippen LogP contribution < -0.4 is 10.6 Å². The summed E-state index contributed by atoms with van der Waals surface area (Å²) in [6.45, 7) is 5.81. The lowest BCUT2D eigenvalue weighted by Crippen LogP contribution is -2.40. The van der Waals surface area contributed by atoms with Crippen LogP contribution in [0.15, 0.2) is 29.3 Å². The molecule has 1 aromatic rings. The van der Waals surface area contributed by atoms with Crippen LogP contribution in [-0.2, 0) is 11.3 Å². The predicted molar refractivity (Wildman–Crippen MR) is 130 cm³/mol. The van der Waals surface area contributed by atoms with Crippen LogP contribution in [0.1, 0.15) is 57.4 Å². The van der Waals surface area contributed by atoms with Crippen LogP contribution in [0.2, 0.25) is 0 Å². The first-order valence-corrected chi connectivity index (χ1v) is 10.6. The number of nitrogens with zero attached hydrogens (tertiary/aromatic N) is 3. The van der Waals surface area contributed by atoms with E-state index in [-0.39, 0.29) is 35.6 Å². The van der Waals surface area contributed by atoms with E-state index in [0.717, 1.165) is 76.2 Å². The number of benzene rings is 1. The zero-order chi connectivity index (χ0) is 20.9. The minimum Gasteiger partial charge on any atom is -0.356 e. The molecule has 8 nitrogen and oxygen atoms in total. The Morgan fingerprint density at radius 1 is 1.13 bits per heavy atom. The van der Waals surface area contributed by atoms with Gasteiger partial charge in [-0.2, -0.15) is 0 Å². The summed E-state index contributed by atoms with van der Waals surface area (Å²) in [4.78, 5) is 29.0. The summed E-state index contributed by atoms with van der Waals surface area (Å²) >= 11 is 0. The lowest BCUT2D eigenvalue weighted by atomic mass is 10.2. The molecule has 2 N–H and O–H groups in total. The number of nitro benzene ring substituents is 1. The maximum absolute atomic E-state index is 12.1. The number of halogens is 1. The van der Waals surface area contributed by atoms with E-state index in [4.69, 9.17) is 0 Å². The molecule has 2 rings (SSSR count). The Labute approximate surface area is 196 Å². The molecule has 0 spiro atoms. The van der Waals surface area contributed by atoms with Gasteiger partial charge in [-0.1, -0.05) is 31.9 Å². The van der Waals surface area contributed by atoms with Crippen molar-refractivity contribution in [2.45, 2.75) is 58.4 Å². The molecule has 0 atom stereocenters. The van der Waals surface area contributed by atoms with Crippen molar-refractivity contribution in [2.75, 3.05) is 26.2 Å². The van der Waals surface area contributed by atoms with Crippen molar-refractivity contribution in [2.24, 2.45) is 4.99 Å². The Hall–Kier alpha value is -1.91. The van der Waals surface area contributed by atoms with Gasteiger partial charge in [-0.25, -0.2) is 4.99 Å². The standard InChI is InChI=1S/C21H33N5O3.HI/c1-2-3-13-22-21(24-17-18-9-11-19(12-10-18)26(28)29)23-14-7-16-25-15-6-4-5-8-20(25)27;/h9-12H,2-8,13-17H2,1H3,(H2,22,23,24);1H. The fraction of sp³-hybridized carbons (Fsp3) is 0.619. The van der Waals surface area contributed by atoms with Crippen LogP contribution >= 0.6 is 24.0 Å². The van der Waals surface area contributed by atoms with Gasteiger partial charge in [0.25, 0.3) is 5.69 Å². The Balaban J connectivity index is 0.00000450. The molecule has 1 aromatic carbocycles. The van der Waals surface area contributed by atoms with Crippen molar-refractivity contribution >= 4 is 41.5 Å². The van der Waals surface area contributed by atoms with E-state index in [0.29, 0.717) is 13.0 Å². The van der Waals surface area contributed by atoms with Gasteiger partial charge in [-0.05, 0) is 31.2 Å². The van der Waals surface area contributed by atoms with Crippen molar-refractivity contribution < 1.29 is 9.72 Å². The predicted octanol–water partition coefficient (Wildman–Crippen LogP) is 3.84. The second-order valence-electron chi connectivity index (χ2n) is 7.34. The van der Waals surface area contributed by atoms with Crippen molar-refractivity contribution in [3.63, 3.8) is 0 Å². The van der Waals surface area contributed by atoms with Gasteiger partial charge < -0.3 is 15.5 Å². The number of carbonyl (C=O) groups excluding carboxylic acids is 1. The summed E-state index contributed by atoms with van der Waals surface area (Å²) in [5, 5.41) is 17.4. The molecule has 1 heterocycles. The molecule has 0 bridgehead atoms. The van der Waals surface area contributed by atoms with Crippen LogP contribution in [0.5, 0.6) is 0 Å². The molecule has 1 aliphatic heterocycles. The number of rotatable bonds is 10. The highest BCUT2D eigenvalue weighted by Crippen LogP contribution is 2.13. The zero-order valence-corrected chi connectivity index (χ0v) is 20.1. The maximum atomic E-state index is 12.1. The summed E-state index contributed by atoms with van der Waals surface area (Å²) in [6.07, 6.45) is 6.95. The average molecular weight is 531 g/mol. The number of amides is 1. The second-order valence-corrected chi connectivity index (χ2v) is 7.34. The van der Waals surface area contributed by atoms with Crippen molar-refractivity contribution in [1.29, 1.82) is 0 Å². The van der Waals surface area contributed by atoms with E-state index in [1.165, 1.54) is 12.1 Å². The lowest BCUT2D eigenvalue weighted by molar-refractivity contribution is -0.384. The molecule has 0 radical (unpaired) electrons. The highest BCUT2D eigenvalue weighted by molar-refractivity contribution is 14.0. The molecule has 9 heteroatoms. The van der Waals surface area contributed by atoms with Gasteiger partial charge in [-0.15, -0.1) is 24.0 Å². The van der Waals surface area contributed by atoms with Crippen LogP contribution in [0.3, 0.4) is 0 Å². The number of non-ortho nitro benzene ring substituents is 1. The largest absolute Gasteiger partial charge is 0.356 e. The average Bonchev–Trinajstić information content (AvgIpc) is 2.93. The van der Waals surface area contributed by atoms with Gasteiger partial charge in [0.05, 0.1) is 11.5 Å². The number of hydrogen-bond donors (Lipinski definition) is 2. The summed E-state index contributed by atoms with van der Waals surface area (Å²) in [5.41, 5.74) is 1.00. The lowest BCUT2D eigenvalue weighted by Gasteiger charge is -2.21. The first-order valence-electron chi connectivity index (χ1n) is 10.6. The van der Waals surface area contributed by atoms with Crippen LogP contribution in [0.4, 0.5) is 5.69 Å². The van der Waals surface area contributed by atoms with E-state index in [1.54, 1.807) is 12.1 Å². The molecule has 0 aromatic heterocycles. The summed E-state index contributed by atoms with van der Waals surface area (Å²) < 4.78 is 0. The smallest absolute Gasteiger partial charge is 0.269 e. The van der Waals surface area contributed by atoms with Crippen LogP contribution in [0, 0.1) is 10.1 Å².